The molecule has 1 aliphatic carbocycles. The van der Waals surface area contributed by atoms with Crippen molar-refractivity contribution in [2.75, 3.05) is 6.61 Å². The number of halogens is 1. The van der Waals surface area contributed by atoms with Crippen LogP contribution in [0.5, 0.6) is 5.75 Å². The van der Waals surface area contributed by atoms with Gasteiger partial charge in [-0.2, -0.15) is 0 Å². The molecule has 2 rings (SSSR count). The summed E-state index contributed by atoms with van der Waals surface area (Å²) < 4.78 is 13.7. The predicted molar refractivity (Wildman–Crippen MR) is 61.0 cm³/mol. The van der Waals surface area contributed by atoms with Crippen molar-refractivity contribution in [3.63, 3.8) is 0 Å². The fourth-order valence-electron chi connectivity index (χ4n) is 2.48. The summed E-state index contributed by atoms with van der Waals surface area (Å²) >= 11 is 0. The number of phenolic OH excluding ortho intramolecular Hbond substituents is 1. The van der Waals surface area contributed by atoms with Gasteiger partial charge in [-0.3, -0.25) is 0 Å². The number of hydrogen-bond acceptors (Lipinski definition) is 3. The van der Waals surface area contributed by atoms with E-state index in [0.717, 1.165) is 0 Å². The minimum Gasteiger partial charge on any atom is -0.508 e. The van der Waals surface area contributed by atoms with Gasteiger partial charge in [-0.05, 0) is 49.8 Å². The van der Waals surface area contributed by atoms with Crippen molar-refractivity contribution in [2.45, 2.75) is 31.3 Å². The van der Waals surface area contributed by atoms with Crippen molar-refractivity contribution < 1.29 is 19.7 Å². The van der Waals surface area contributed by atoms with Crippen LogP contribution in [-0.4, -0.2) is 21.9 Å². The third kappa shape index (κ3) is 2.42. The number of hydrogen-bond donors (Lipinski definition) is 3. The van der Waals surface area contributed by atoms with Gasteiger partial charge in [-0.15, -0.1) is 0 Å². The van der Waals surface area contributed by atoms with Gasteiger partial charge in [0, 0.05) is 12.2 Å². The number of aliphatic hydroxyl groups excluding tert-OH is 1. The maximum Gasteiger partial charge on any atom is 0.129 e. The molecule has 0 aromatic heterocycles. The van der Waals surface area contributed by atoms with Crippen molar-refractivity contribution in [2.24, 2.45) is 5.92 Å². The summed E-state index contributed by atoms with van der Waals surface area (Å²) in [6.07, 6.45) is 2.17. The zero-order chi connectivity index (χ0) is 12.5. The summed E-state index contributed by atoms with van der Waals surface area (Å²) in [4.78, 5) is 0. The lowest BCUT2D eigenvalue weighted by Gasteiger charge is -2.36. The van der Waals surface area contributed by atoms with E-state index in [1.54, 1.807) is 0 Å². The molecule has 1 saturated carbocycles. The van der Waals surface area contributed by atoms with Gasteiger partial charge in [-0.1, -0.05) is 0 Å². The molecule has 3 nitrogen and oxygen atoms in total. The molecule has 0 radical (unpaired) electrons. The fraction of sp³-hybridized carbons (Fsp3) is 0.538. The van der Waals surface area contributed by atoms with Crippen molar-refractivity contribution in [3.05, 3.63) is 29.6 Å². The number of benzene rings is 1. The van der Waals surface area contributed by atoms with E-state index in [1.807, 2.05) is 0 Å². The lowest BCUT2D eigenvalue weighted by Crippen LogP contribution is -2.33. The highest BCUT2D eigenvalue weighted by atomic mass is 19.1. The molecule has 0 unspecified atom stereocenters. The quantitative estimate of drug-likeness (QED) is 0.740. The van der Waals surface area contributed by atoms with Crippen LogP contribution in [0.1, 0.15) is 31.2 Å². The molecule has 94 valence electrons. The Morgan fingerprint density at radius 1 is 1.29 bits per heavy atom. The number of aromatic hydroxyl groups is 1. The van der Waals surface area contributed by atoms with Crippen LogP contribution in [-0.2, 0) is 5.60 Å². The second-order valence-corrected chi connectivity index (χ2v) is 4.82. The third-order valence-corrected chi connectivity index (χ3v) is 3.64. The van der Waals surface area contributed by atoms with E-state index >= 15 is 0 Å². The van der Waals surface area contributed by atoms with E-state index in [9.17, 15) is 14.6 Å². The van der Waals surface area contributed by atoms with Crippen molar-refractivity contribution in [1.29, 1.82) is 0 Å². The van der Waals surface area contributed by atoms with E-state index in [4.69, 9.17) is 5.11 Å². The minimum atomic E-state index is -1.21. The Labute approximate surface area is 99.5 Å². The fourth-order valence-corrected chi connectivity index (χ4v) is 2.48. The largest absolute Gasteiger partial charge is 0.508 e. The monoisotopic (exact) mass is 240 g/mol. The Bertz CT molecular complexity index is 398. The maximum absolute atomic E-state index is 13.7. The number of rotatable bonds is 2. The molecule has 3 N–H and O–H groups in total. The van der Waals surface area contributed by atoms with Crippen LogP contribution in [0.3, 0.4) is 0 Å². The first kappa shape index (κ1) is 12.3. The first-order valence-corrected chi connectivity index (χ1v) is 5.87. The van der Waals surface area contributed by atoms with E-state index in [1.165, 1.54) is 18.2 Å². The molecule has 1 aliphatic rings. The summed E-state index contributed by atoms with van der Waals surface area (Å²) in [7, 11) is 0. The van der Waals surface area contributed by atoms with E-state index in [2.05, 4.69) is 0 Å². The van der Waals surface area contributed by atoms with Crippen molar-refractivity contribution in [1.82, 2.24) is 0 Å². The molecule has 0 amide bonds. The molecule has 0 bridgehead atoms. The van der Waals surface area contributed by atoms with Gasteiger partial charge in [0.1, 0.15) is 11.6 Å². The zero-order valence-corrected chi connectivity index (χ0v) is 9.56. The van der Waals surface area contributed by atoms with Crippen molar-refractivity contribution in [3.8, 4) is 5.75 Å². The van der Waals surface area contributed by atoms with Gasteiger partial charge >= 0.3 is 0 Å². The highest BCUT2D eigenvalue weighted by molar-refractivity contribution is 5.33. The second kappa shape index (κ2) is 4.63. The molecule has 0 aliphatic heterocycles. The van der Waals surface area contributed by atoms with Crippen LogP contribution in [0, 0.1) is 11.7 Å². The van der Waals surface area contributed by atoms with Crippen LogP contribution in [0.2, 0.25) is 0 Å². The molecule has 0 heterocycles. The van der Waals surface area contributed by atoms with Crippen LogP contribution in [0.15, 0.2) is 18.2 Å². The van der Waals surface area contributed by atoms with Crippen LogP contribution in [0.25, 0.3) is 0 Å². The third-order valence-electron chi connectivity index (χ3n) is 3.64. The lowest BCUT2D eigenvalue weighted by molar-refractivity contribution is -0.0239. The molecule has 17 heavy (non-hydrogen) atoms. The molecule has 1 aromatic carbocycles. The molecule has 1 fully saturated rings. The topological polar surface area (TPSA) is 60.7 Å². The molecular formula is C13H17FO3. The van der Waals surface area contributed by atoms with Gasteiger partial charge in [0.2, 0.25) is 0 Å². The first-order chi connectivity index (χ1) is 8.05. The predicted octanol–water partition coefficient (Wildman–Crippen LogP) is 1.90. The number of aliphatic hydroxyl groups is 2. The zero-order valence-electron chi connectivity index (χ0n) is 9.56. The average molecular weight is 240 g/mol. The Hall–Kier alpha value is -1.13. The normalized spacial score (nSPS) is 29.2. The summed E-state index contributed by atoms with van der Waals surface area (Å²) in [5, 5.41) is 28.8. The Morgan fingerprint density at radius 3 is 2.53 bits per heavy atom. The van der Waals surface area contributed by atoms with Crippen LogP contribution < -0.4 is 0 Å². The van der Waals surface area contributed by atoms with Gasteiger partial charge in [0.15, 0.2) is 0 Å². The maximum atomic E-state index is 13.7. The highest BCUT2D eigenvalue weighted by Crippen LogP contribution is 2.41. The SMILES string of the molecule is OCC1CCC(O)(c2cc(O)ccc2F)CC1. The second-order valence-electron chi connectivity index (χ2n) is 4.82. The van der Waals surface area contributed by atoms with Crippen LogP contribution in [0.4, 0.5) is 4.39 Å². The number of phenols is 1. The lowest BCUT2D eigenvalue weighted by atomic mass is 9.75. The summed E-state index contributed by atoms with van der Waals surface area (Å²) in [6, 6.07) is 3.72. The Balaban J connectivity index is 2.24. The summed E-state index contributed by atoms with van der Waals surface area (Å²) in [5.41, 5.74) is -1.05. The van der Waals surface area contributed by atoms with E-state index in [-0.39, 0.29) is 23.8 Å². The van der Waals surface area contributed by atoms with Crippen LogP contribution >= 0.6 is 0 Å². The Kier molecular flexibility index (Phi) is 3.35. The minimum absolute atomic E-state index is 0.0425. The highest BCUT2D eigenvalue weighted by Gasteiger charge is 2.36. The van der Waals surface area contributed by atoms with Crippen molar-refractivity contribution >= 4 is 0 Å². The van der Waals surface area contributed by atoms with Gasteiger partial charge in [-0.25, -0.2) is 4.39 Å². The molecule has 4 heteroatoms. The molecule has 0 spiro atoms. The van der Waals surface area contributed by atoms with E-state index < -0.39 is 11.4 Å². The van der Waals surface area contributed by atoms with E-state index in [0.29, 0.717) is 25.7 Å². The molecule has 0 saturated heterocycles. The average Bonchev–Trinajstić information content (AvgIpc) is 2.33. The summed E-state index contributed by atoms with van der Waals surface area (Å²) in [6.45, 7) is 0.110. The molecule has 1 aromatic rings. The smallest absolute Gasteiger partial charge is 0.129 e. The molecule has 0 atom stereocenters. The first-order valence-electron chi connectivity index (χ1n) is 5.87. The standard InChI is InChI=1S/C13H17FO3/c14-12-2-1-10(16)7-11(12)13(17)5-3-9(8-15)4-6-13/h1-2,7,9,15-17H,3-6,8H2. The van der Waals surface area contributed by atoms with Gasteiger partial charge in [0.25, 0.3) is 0 Å². The van der Waals surface area contributed by atoms with Gasteiger partial charge in [0.05, 0.1) is 5.60 Å². The summed E-state index contributed by atoms with van der Waals surface area (Å²) in [5.74, 6) is -0.345. The Morgan fingerprint density at radius 2 is 1.94 bits per heavy atom. The van der Waals surface area contributed by atoms with Gasteiger partial charge < -0.3 is 15.3 Å². The molecular weight excluding hydrogens is 223 g/mol.